The van der Waals surface area contributed by atoms with Crippen molar-refractivity contribution in [2.75, 3.05) is 6.61 Å². The van der Waals surface area contributed by atoms with Gasteiger partial charge in [-0.15, -0.1) is 0 Å². The van der Waals surface area contributed by atoms with Gasteiger partial charge in [-0.2, -0.15) is 8.42 Å². The first-order valence-corrected chi connectivity index (χ1v) is 7.41. The summed E-state index contributed by atoms with van der Waals surface area (Å²) in [6.45, 7) is 1.64. The second-order valence-electron chi connectivity index (χ2n) is 4.29. The highest BCUT2D eigenvalue weighted by Crippen LogP contribution is 2.14. The van der Waals surface area contributed by atoms with Crippen molar-refractivity contribution in [1.82, 2.24) is 9.55 Å². The molecule has 9 heteroatoms. The zero-order chi connectivity index (χ0) is 15.5. The minimum absolute atomic E-state index is 0.0153. The van der Waals surface area contributed by atoms with E-state index in [1.165, 1.54) is 23.0 Å². The molecular formula is C12H13N3O5S. The highest BCUT2D eigenvalue weighted by atomic mass is 32.2. The summed E-state index contributed by atoms with van der Waals surface area (Å²) in [6.07, 6.45) is 2.34. The first-order chi connectivity index (χ1) is 9.90. The number of aryl methyl sites for hydroxylation is 1. The molecule has 0 unspecified atom stereocenters. The van der Waals surface area contributed by atoms with Crippen LogP contribution in [0, 0.1) is 17.0 Å². The van der Waals surface area contributed by atoms with Gasteiger partial charge in [-0.05, 0) is 24.0 Å². The fourth-order valence-corrected chi connectivity index (χ4v) is 2.56. The summed E-state index contributed by atoms with van der Waals surface area (Å²) in [5, 5.41) is 10.7. The minimum atomic E-state index is -3.87. The molecule has 8 nitrogen and oxygen atoms in total. The van der Waals surface area contributed by atoms with E-state index in [1.807, 2.05) is 6.92 Å². The van der Waals surface area contributed by atoms with Gasteiger partial charge in [-0.3, -0.25) is 4.18 Å². The van der Waals surface area contributed by atoms with Crippen LogP contribution in [-0.2, 0) is 20.8 Å². The maximum absolute atomic E-state index is 11.9. The Kier molecular flexibility index (Phi) is 4.34. The number of hydrogen-bond acceptors (Lipinski definition) is 6. The van der Waals surface area contributed by atoms with Crippen molar-refractivity contribution in [3.63, 3.8) is 0 Å². The highest BCUT2D eigenvalue weighted by molar-refractivity contribution is 7.86. The second kappa shape index (κ2) is 6.02. The van der Waals surface area contributed by atoms with Gasteiger partial charge >= 0.3 is 5.82 Å². The van der Waals surface area contributed by atoms with Crippen LogP contribution in [0.3, 0.4) is 0 Å². The van der Waals surface area contributed by atoms with Gasteiger partial charge < -0.3 is 10.1 Å². The summed E-state index contributed by atoms with van der Waals surface area (Å²) >= 11 is 0. The average molecular weight is 311 g/mol. The smallest absolute Gasteiger partial charge is 0.342 e. The van der Waals surface area contributed by atoms with Crippen LogP contribution in [-0.4, -0.2) is 29.5 Å². The van der Waals surface area contributed by atoms with E-state index in [1.54, 1.807) is 12.1 Å². The number of hydrogen-bond donors (Lipinski definition) is 0. The molecule has 21 heavy (non-hydrogen) atoms. The summed E-state index contributed by atoms with van der Waals surface area (Å²) in [7, 11) is -3.87. The molecule has 0 aliphatic carbocycles. The van der Waals surface area contributed by atoms with Crippen LogP contribution in [0.5, 0.6) is 0 Å². The Morgan fingerprint density at radius 2 is 2.00 bits per heavy atom. The first kappa shape index (κ1) is 15.1. The molecule has 0 fully saturated rings. The van der Waals surface area contributed by atoms with Crippen LogP contribution >= 0.6 is 0 Å². The van der Waals surface area contributed by atoms with Gasteiger partial charge in [0.2, 0.25) is 0 Å². The van der Waals surface area contributed by atoms with Gasteiger partial charge in [0.25, 0.3) is 10.1 Å². The molecule has 0 N–H and O–H groups in total. The predicted octanol–water partition coefficient (Wildman–Crippen LogP) is 1.51. The van der Waals surface area contributed by atoms with Gasteiger partial charge in [0.05, 0.1) is 4.90 Å². The number of benzene rings is 1. The summed E-state index contributed by atoms with van der Waals surface area (Å²) in [5.41, 5.74) is 0.933. The van der Waals surface area contributed by atoms with Crippen molar-refractivity contribution in [3.05, 3.63) is 52.5 Å². The molecule has 0 saturated heterocycles. The number of nitro groups is 1. The molecule has 0 radical (unpaired) electrons. The molecule has 0 spiro atoms. The quantitative estimate of drug-likeness (QED) is 0.455. The maximum Gasteiger partial charge on any atom is 0.342 e. The molecule has 0 amide bonds. The Labute approximate surface area is 121 Å². The molecular weight excluding hydrogens is 298 g/mol. The molecule has 0 aliphatic heterocycles. The van der Waals surface area contributed by atoms with E-state index in [-0.39, 0.29) is 23.9 Å². The standard InChI is InChI=1S/C12H13N3O5S/c1-10-2-4-11(5-3-10)21(18,19)20-7-6-14-9-13-8-12(14)15(16)17/h2-5,8-9H,6-7H2,1H3. The fraction of sp³-hybridized carbons (Fsp3) is 0.250. The molecule has 0 saturated carbocycles. The van der Waals surface area contributed by atoms with E-state index in [0.717, 1.165) is 11.8 Å². The largest absolute Gasteiger partial charge is 0.358 e. The Morgan fingerprint density at radius 3 is 2.62 bits per heavy atom. The summed E-state index contributed by atoms with van der Waals surface area (Å²) in [6, 6.07) is 6.22. The minimum Gasteiger partial charge on any atom is -0.358 e. The molecule has 0 bridgehead atoms. The van der Waals surface area contributed by atoms with E-state index in [2.05, 4.69) is 4.98 Å². The third kappa shape index (κ3) is 3.64. The van der Waals surface area contributed by atoms with E-state index < -0.39 is 15.0 Å². The zero-order valence-corrected chi connectivity index (χ0v) is 12.0. The van der Waals surface area contributed by atoms with Gasteiger partial charge in [0, 0.05) is 0 Å². The van der Waals surface area contributed by atoms with Crippen LogP contribution in [0.2, 0.25) is 0 Å². The lowest BCUT2D eigenvalue weighted by atomic mass is 10.2. The van der Waals surface area contributed by atoms with Gasteiger partial charge in [0.1, 0.15) is 19.3 Å². The molecule has 2 rings (SSSR count). The van der Waals surface area contributed by atoms with E-state index in [9.17, 15) is 18.5 Å². The molecule has 1 aromatic heterocycles. The molecule has 0 aliphatic rings. The van der Waals surface area contributed by atoms with Gasteiger partial charge in [-0.25, -0.2) is 9.55 Å². The van der Waals surface area contributed by atoms with Crippen LogP contribution in [0.15, 0.2) is 41.7 Å². The molecule has 1 heterocycles. The lowest BCUT2D eigenvalue weighted by molar-refractivity contribution is -0.392. The Bertz CT molecular complexity index is 737. The van der Waals surface area contributed by atoms with Crippen molar-refractivity contribution in [2.24, 2.45) is 0 Å². The van der Waals surface area contributed by atoms with Crippen molar-refractivity contribution < 1.29 is 17.5 Å². The highest BCUT2D eigenvalue weighted by Gasteiger charge is 2.17. The lowest BCUT2D eigenvalue weighted by Gasteiger charge is -2.05. The second-order valence-corrected chi connectivity index (χ2v) is 5.91. The van der Waals surface area contributed by atoms with Crippen LogP contribution in [0.25, 0.3) is 0 Å². The van der Waals surface area contributed by atoms with Crippen molar-refractivity contribution >= 4 is 15.9 Å². The predicted molar refractivity (Wildman–Crippen MR) is 73.2 cm³/mol. The van der Waals surface area contributed by atoms with Crippen molar-refractivity contribution in [3.8, 4) is 0 Å². The topological polar surface area (TPSA) is 104 Å². The molecule has 1 aromatic carbocycles. The fourth-order valence-electron chi connectivity index (χ4n) is 1.66. The summed E-state index contributed by atoms with van der Waals surface area (Å²) in [5.74, 6) is -0.216. The van der Waals surface area contributed by atoms with Gasteiger partial charge in [0.15, 0.2) is 6.33 Å². The van der Waals surface area contributed by atoms with Crippen LogP contribution in [0.4, 0.5) is 5.82 Å². The van der Waals surface area contributed by atoms with E-state index in [0.29, 0.717) is 0 Å². The van der Waals surface area contributed by atoms with Crippen molar-refractivity contribution in [2.45, 2.75) is 18.4 Å². The zero-order valence-electron chi connectivity index (χ0n) is 11.2. The van der Waals surface area contributed by atoms with Crippen molar-refractivity contribution in [1.29, 1.82) is 0 Å². The molecule has 0 atom stereocenters. The van der Waals surface area contributed by atoms with Crippen LogP contribution < -0.4 is 0 Å². The maximum atomic E-state index is 11.9. The summed E-state index contributed by atoms with van der Waals surface area (Å²) in [4.78, 5) is 13.8. The molecule has 2 aromatic rings. The SMILES string of the molecule is Cc1ccc(S(=O)(=O)OCCn2cncc2[N+](=O)[O-])cc1. The van der Waals surface area contributed by atoms with E-state index in [4.69, 9.17) is 4.18 Å². The third-order valence-electron chi connectivity index (χ3n) is 2.76. The lowest BCUT2D eigenvalue weighted by Crippen LogP contribution is -2.13. The number of rotatable bonds is 6. The Hall–Kier alpha value is -2.26. The summed E-state index contributed by atoms with van der Waals surface area (Å²) < 4.78 is 29.9. The monoisotopic (exact) mass is 311 g/mol. The average Bonchev–Trinajstić information content (AvgIpc) is 2.87. The molecule has 112 valence electrons. The van der Waals surface area contributed by atoms with E-state index >= 15 is 0 Å². The third-order valence-corrected chi connectivity index (χ3v) is 4.08. The number of aromatic nitrogens is 2. The van der Waals surface area contributed by atoms with Crippen LogP contribution in [0.1, 0.15) is 5.56 Å². The number of nitrogens with zero attached hydrogens (tertiary/aromatic N) is 3. The number of imidazole rings is 1. The van der Waals surface area contributed by atoms with Gasteiger partial charge in [-0.1, -0.05) is 17.7 Å². The normalized spacial score (nSPS) is 11.5. The Balaban J connectivity index is 2.01. The first-order valence-electron chi connectivity index (χ1n) is 6.01. The Morgan fingerprint density at radius 1 is 1.33 bits per heavy atom.